The summed E-state index contributed by atoms with van der Waals surface area (Å²) in [7, 11) is 1.85. The van der Waals surface area contributed by atoms with Crippen molar-refractivity contribution in [2.45, 2.75) is 13.0 Å². The van der Waals surface area contributed by atoms with Gasteiger partial charge in [0.25, 0.3) is 11.8 Å². The lowest BCUT2D eigenvalue weighted by molar-refractivity contribution is 0.0926. The third-order valence-electron chi connectivity index (χ3n) is 3.87. The highest BCUT2D eigenvalue weighted by Gasteiger charge is 2.37. The van der Waals surface area contributed by atoms with Gasteiger partial charge in [-0.25, -0.2) is 4.90 Å². The molecule has 0 saturated carbocycles. The van der Waals surface area contributed by atoms with Gasteiger partial charge in [0.2, 0.25) is 0 Å². The Morgan fingerprint density at radius 2 is 1.43 bits per heavy atom. The summed E-state index contributed by atoms with van der Waals surface area (Å²) in [4.78, 5) is 26.4. The molecule has 0 aromatic heterocycles. The number of benzene rings is 2. The molecule has 0 bridgehead atoms. The Bertz CT molecular complexity index is 689. The quantitative estimate of drug-likeness (QED) is 0.879. The van der Waals surface area contributed by atoms with Crippen molar-refractivity contribution in [3.8, 4) is 0 Å². The van der Waals surface area contributed by atoms with Crippen molar-refractivity contribution in [3.63, 3.8) is 0 Å². The molecule has 0 aliphatic carbocycles. The Morgan fingerprint density at radius 1 is 0.905 bits per heavy atom. The van der Waals surface area contributed by atoms with Crippen molar-refractivity contribution in [1.29, 1.82) is 0 Å². The molecule has 2 aromatic rings. The predicted octanol–water partition coefficient (Wildman–Crippen LogP) is 2.77. The number of amides is 2. The van der Waals surface area contributed by atoms with E-state index in [9.17, 15) is 9.59 Å². The fourth-order valence-corrected chi connectivity index (χ4v) is 2.62. The molecule has 1 aliphatic rings. The zero-order valence-electron chi connectivity index (χ0n) is 12.0. The fraction of sp³-hybridized carbons (Fsp3) is 0.176. The van der Waals surface area contributed by atoms with Gasteiger partial charge in [0.05, 0.1) is 16.8 Å². The van der Waals surface area contributed by atoms with E-state index in [0.717, 1.165) is 5.56 Å². The van der Waals surface area contributed by atoms with Gasteiger partial charge in [0.15, 0.2) is 0 Å². The Morgan fingerprint density at radius 3 is 2.00 bits per heavy atom. The number of hydrogen-bond donors (Lipinski definition) is 1. The molecule has 3 rings (SSSR count). The summed E-state index contributed by atoms with van der Waals surface area (Å²) in [5.41, 5.74) is 2.50. The van der Waals surface area contributed by atoms with E-state index in [1.54, 1.807) is 24.3 Å². The van der Waals surface area contributed by atoms with Gasteiger partial charge in [0.1, 0.15) is 0 Å². The maximum Gasteiger partial charge on any atom is 0.266 e. The number of hydrogen-bond acceptors (Lipinski definition) is 3. The number of anilines is 1. The van der Waals surface area contributed by atoms with E-state index in [0.29, 0.717) is 16.8 Å². The second kappa shape index (κ2) is 5.14. The van der Waals surface area contributed by atoms with Gasteiger partial charge >= 0.3 is 0 Å². The van der Waals surface area contributed by atoms with E-state index in [2.05, 4.69) is 5.32 Å². The number of nitrogens with one attached hydrogen (secondary N) is 1. The lowest BCUT2D eigenvalue weighted by Crippen LogP contribution is -2.31. The van der Waals surface area contributed by atoms with Crippen molar-refractivity contribution in [2.75, 3.05) is 11.9 Å². The largest absolute Gasteiger partial charge is 0.313 e. The molecule has 0 fully saturated rings. The standard InChI is InChI=1S/C17H16N2O2/c1-11(18-2)12-7-5-6-10-15(12)19-16(20)13-8-3-4-9-14(13)17(19)21/h3-11,18H,1-2H3. The summed E-state index contributed by atoms with van der Waals surface area (Å²) in [5.74, 6) is -0.516. The first kappa shape index (κ1) is 13.5. The highest BCUT2D eigenvalue weighted by molar-refractivity contribution is 6.34. The molecule has 1 atom stereocenters. The average Bonchev–Trinajstić information content (AvgIpc) is 2.78. The van der Waals surface area contributed by atoms with E-state index in [1.807, 2.05) is 38.2 Å². The second-order valence-electron chi connectivity index (χ2n) is 5.06. The van der Waals surface area contributed by atoms with E-state index < -0.39 is 0 Å². The number of carbonyl (C=O) groups excluding carboxylic acids is 2. The number of rotatable bonds is 3. The molecule has 0 saturated heterocycles. The normalized spacial score (nSPS) is 15.2. The van der Waals surface area contributed by atoms with Crippen molar-refractivity contribution in [1.82, 2.24) is 5.32 Å². The molecule has 4 nitrogen and oxygen atoms in total. The average molecular weight is 280 g/mol. The van der Waals surface area contributed by atoms with Crippen LogP contribution in [0.2, 0.25) is 0 Å². The Hall–Kier alpha value is -2.46. The molecule has 1 aliphatic heterocycles. The van der Waals surface area contributed by atoms with Crippen molar-refractivity contribution in [2.24, 2.45) is 0 Å². The fourth-order valence-electron chi connectivity index (χ4n) is 2.62. The third-order valence-corrected chi connectivity index (χ3v) is 3.87. The Balaban J connectivity index is 2.12. The van der Waals surface area contributed by atoms with Crippen molar-refractivity contribution < 1.29 is 9.59 Å². The molecule has 1 heterocycles. The van der Waals surface area contributed by atoms with E-state index in [1.165, 1.54) is 4.90 Å². The Kier molecular flexibility index (Phi) is 3.31. The molecule has 106 valence electrons. The van der Waals surface area contributed by atoms with Gasteiger partial charge in [-0.15, -0.1) is 0 Å². The smallest absolute Gasteiger partial charge is 0.266 e. The lowest BCUT2D eigenvalue weighted by Gasteiger charge is -2.21. The summed E-state index contributed by atoms with van der Waals surface area (Å²) in [6.07, 6.45) is 0. The van der Waals surface area contributed by atoms with Crippen LogP contribution in [0.1, 0.15) is 39.2 Å². The van der Waals surface area contributed by atoms with Crippen LogP contribution in [0, 0.1) is 0 Å². The second-order valence-corrected chi connectivity index (χ2v) is 5.06. The first-order chi connectivity index (χ1) is 10.1. The van der Waals surface area contributed by atoms with E-state index >= 15 is 0 Å². The summed E-state index contributed by atoms with van der Waals surface area (Å²) < 4.78 is 0. The van der Waals surface area contributed by atoms with Crippen molar-refractivity contribution >= 4 is 17.5 Å². The molecule has 1 unspecified atom stereocenters. The minimum Gasteiger partial charge on any atom is -0.313 e. The Labute approximate surface area is 123 Å². The van der Waals surface area contributed by atoms with Gasteiger partial charge in [-0.1, -0.05) is 30.3 Å². The SMILES string of the molecule is CNC(C)c1ccccc1N1C(=O)c2ccccc2C1=O. The molecule has 21 heavy (non-hydrogen) atoms. The first-order valence-electron chi connectivity index (χ1n) is 6.89. The molecule has 0 spiro atoms. The number of carbonyl (C=O) groups is 2. The maximum atomic E-state index is 12.6. The van der Waals surface area contributed by atoms with Gasteiger partial charge in [-0.3, -0.25) is 9.59 Å². The molecule has 4 heteroatoms. The van der Waals surface area contributed by atoms with Crippen LogP contribution in [-0.4, -0.2) is 18.9 Å². The van der Waals surface area contributed by atoms with Crippen LogP contribution in [0.5, 0.6) is 0 Å². The predicted molar refractivity (Wildman–Crippen MR) is 81.5 cm³/mol. The first-order valence-corrected chi connectivity index (χ1v) is 6.89. The molecule has 1 N–H and O–H groups in total. The summed E-state index contributed by atoms with van der Waals surface area (Å²) in [5, 5.41) is 3.15. The van der Waals surface area contributed by atoms with Crippen LogP contribution in [0.15, 0.2) is 48.5 Å². The van der Waals surface area contributed by atoms with Crippen LogP contribution in [0.25, 0.3) is 0 Å². The molecule has 2 amide bonds. The maximum absolute atomic E-state index is 12.6. The summed E-state index contributed by atoms with van der Waals surface area (Å²) in [6, 6.07) is 14.5. The highest BCUT2D eigenvalue weighted by atomic mass is 16.2. The molecular weight excluding hydrogens is 264 g/mol. The van der Waals surface area contributed by atoms with Crippen LogP contribution >= 0.6 is 0 Å². The lowest BCUT2D eigenvalue weighted by atomic mass is 10.1. The highest BCUT2D eigenvalue weighted by Crippen LogP contribution is 2.33. The van der Waals surface area contributed by atoms with E-state index in [4.69, 9.17) is 0 Å². The van der Waals surface area contributed by atoms with Crippen LogP contribution in [0.4, 0.5) is 5.69 Å². The summed E-state index contributed by atoms with van der Waals surface area (Å²) in [6.45, 7) is 2.00. The van der Waals surface area contributed by atoms with Crippen molar-refractivity contribution in [3.05, 3.63) is 65.2 Å². The molecule has 2 aromatic carbocycles. The topological polar surface area (TPSA) is 49.4 Å². The molecular formula is C17H16N2O2. The minimum atomic E-state index is -0.258. The number of imide groups is 1. The van der Waals surface area contributed by atoms with Gasteiger partial charge in [-0.05, 0) is 37.7 Å². The van der Waals surface area contributed by atoms with Gasteiger partial charge < -0.3 is 5.32 Å². The molecule has 0 radical (unpaired) electrons. The number of para-hydroxylation sites is 1. The summed E-state index contributed by atoms with van der Waals surface area (Å²) >= 11 is 0. The zero-order valence-corrected chi connectivity index (χ0v) is 12.0. The van der Waals surface area contributed by atoms with Crippen LogP contribution in [-0.2, 0) is 0 Å². The zero-order chi connectivity index (χ0) is 15.0. The van der Waals surface area contributed by atoms with Crippen LogP contribution < -0.4 is 10.2 Å². The van der Waals surface area contributed by atoms with E-state index in [-0.39, 0.29) is 17.9 Å². The number of nitrogens with zero attached hydrogens (tertiary/aromatic N) is 1. The monoisotopic (exact) mass is 280 g/mol. The van der Waals surface area contributed by atoms with Gasteiger partial charge in [-0.2, -0.15) is 0 Å². The minimum absolute atomic E-state index is 0.0468. The van der Waals surface area contributed by atoms with Crippen LogP contribution in [0.3, 0.4) is 0 Å². The van der Waals surface area contributed by atoms with Gasteiger partial charge in [0, 0.05) is 6.04 Å². The number of fused-ring (bicyclic) bond motifs is 1. The third kappa shape index (κ3) is 2.04.